The molecule has 23 heavy (non-hydrogen) atoms. The Balaban J connectivity index is 1.83. The fourth-order valence-electron chi connectivity index (χ4n) is 2.58. The molecule has 0 unspecified atom stereocenters. The van der Waals surface area contributed by atoms with E-state index in [1.807, 2.05) is 18.2 Å². The minimum atomic E-state index is -0.685. The zero-order chi connectivity index (χ0) is 16.9. The first-order valence-electron chi connectivity index (χ1n) is 8.41. The molecule has 5 nitrogen and oxygen atoms in total. The van der Waals surface area contributed by atoms with Crippen molar-refractivity contribution < 1.29 is 9.90 Å². The molecule has 1 saturated carbocycles. The summed E-state index contributed by atoms with van der Waals surface area (Å²) in [6, 6.07) is 8.41. The van der Waals surface area contributed by atoms with E-state index in [0.717, 1.165) is 31.4 Å². The number of aliphatic hydroxyl groups is 1. The second kappa shape index (κ2) is 7.79. The molecule has 0 atom stereocenters. The van der Waals surface area contributed by atoms with Crippen molar-refractivity contribution in [3.05, 3.63) is 35.4 Å². The zero-order valence-corrected chi connectivity index (χ0v) is 14.4. The van der Waals surface area contributed by atoms with E-state index in [9.17, 15) is 9.90 Å². The quantitative estimate of drug-likeness (QED) is 0.722. The van der Waals surface area contributed by atoms with Gasteiger partial charge in [0.1, 0.15) is 0 Å². The Kier molecular flexibility index (Phi) is 6.02. The summed E-state index contributed by atoms with van der Waals surface area (Å²) >= 11 is 0. The molecule has 0 saturated heterocycles. The summed E-state index contributed by atoms with van der Waals surface area (Å²) < 4.78 is 0. The summed E-state index contributed by atoms with van der Waals surface area (Å²) in [6.07, 6.45) is 2.59. The lowest BCUT2D eigenvalue weighted by atomic mass is 9.80. The third-order valence-corrected chi connectivity index (χ3v) is 4.72. The van der Waals surface area contributed by atoms with Crippen LogP contribution in [0.3, 0.4) is 0 Å². The lowest BCUT2D eigenvalue weighted by molar-refractivity contribution is -0.0290. The number of amides is 2. The molecule has 1 aromatic carbocycles. The van der Waals surface area contributed by atoms with Gasteiger partial charge >= 0.3 is 6.03 Å². The van der Waals surface area contributed by atoms with Crippen LogP contribution in [0.2, 0.25) is 0 Å². The van der Waals surface area contributed by atoms with E-state index in [1.165, 1.54) is 5.56 Å². The van der Waals surface area contributed by atoms with Crippen molar-refractivity contribution in [1.29, 1.82) is 0 Å². The minimum Gasteiger partial charge on any atom is -0.388 e. The Morgan fingerprint density at radius 2 is 1.91 bits per heavy atom. The molecule has 0 aromatic heterocycles. The van der Waals surface area contributed by atoms with Gasteiger partial charge in [0.15, 0.2) is 0 Å². The van der Waals surface area contributed by atoms with Gasteiger partial charge in [0, 0.05) is 25.7 Å². The third-order valence-electron chi connectivity index (χ3n) is 4.72. The van der Waals surface area contributed by atoms with Crippen LogP contribution in [0.5, 0.6) is 0 Å². The first-order valence-corrected chi connectivity index (χ1v) is 8.41. The molecule has 1 aliphatic carbocycles. The fraction of sp³-hybridized carbons (Fsp3) is 0.611. The van der Waals surface area contributed by atoms with E-state index in [-0.39, 0.29) is 6.03 Å². The summed E-state index contributed by atoms with van der Waals surface area (Å²) in [6.45, 7) is 6.01. The van der Waals surface area contributed by atoms with Gasteiger partial charge in [0.05, 0.1) is 5.60 Å². The first-order chi connectivity index (χ1) is 10.9. The van der Waals surface area contributed by atoms with Crippen LogP contribution in [0.15, 0.2) is 24.3 Å². The van der Waals surface area contributed by atoms with E-state index in [1.54, 1.807) is 0 Å². The SMILES string of the molecule is CC(C)N(C)Cc1ccccc1CNC(=O)NCC1(O)CCC1. The van der Waals surface area contributed by atoms with Gasteiger partial charge in [-0.25, -0.2) is 4.79 Å². The highest BCUT2D eigenvalue weighted by Crippen LogP contribution is 2.30. The Hall–Kier alpha value is -1.59. The molecule has 0 aliphatic heterocycles. The van der Waals surface area contributed by atoms with Gasteiger partial charge in [-0.1, -0.05) is 24.3 Å². The van der Waals surface area contributed by atoms with Crippen LogP contribution < -0.4 is 10.6 Å². The van der Waals surface area contributed by atoms with Gasteiger partial charge in [-0.2, -0.15) is 0 Å². The molecular weight excluding hydrogens is 290 g/mol. The number of nitrogens with one attached hydrogen (secondary N) is 2. The molecule has 0 spiro atoms. The van der Waals surface area contributed by atoms with Crippen molar-refractivity contribution in [2.75, 3.05) is 13.6 Å². The second-order valence-electron chi connectivity index (χ2n) is 6.89. The average molecular weight is 319 g/mol. The lowest BCUT2D eigenvalue weighted by Crippen LogP contribution is -2.50. The highest BCUT2D eigenvalue weighted by atomic mass is 16.3. The van der Waals surface area contributed by atoms with E-state index >= 15 is 0 Å². The summed E-state index contributed by atoms with van der Waals surface area (Å²) in [4.78, 5) is 14.2. The largest absolute Gasteiger partial charge is 0.388 e. The smallest absolute Gasteiger partial charge is 0.315 e. The molecule has 5 heteroatoms. The molecule has 1 aliphatic rings. The summed E-state index contributed by atoms with van der Waals surface area (Å²) in [5.41, 5.74) is 1.66. The van der Waals surface area contributed by atoms with E-state index < -0.39 is 5.60 Å². The number of carbonyl (C=O) groups excluding carboxylic acids is 1. The van der Waals surface area contributed by atoms with Gasteiger partial charge < -0.3 is 15.7 Å². The Morgan fingerprint density at radius 3 is 2.48 bits per heavy atom. The Morgan fingerprint density at radius 1 is 1.26 bits per heavy atom. The summed E-state index contributed by atoms with van der Waals surface area (Å²) in [5.74, 6) is 0. The van der Waals surface area contributed by atoms with Crippen LogP contribution in [-0.4, -0.2) is 41.3 Å². The van der Waals surface area contributed by atoms with Crippen molar-refractivity contribution in [3.8, 4) is 0 Å². The highest BCUT2D eigenvalue weighted by Gasteiger charge is 2.34. The maximum absolute atomic E-state index is 11.9. The van der Waals surface area contributed by atoms with E-state index in [4.69, 9.17) is 0 Å². The number of urea groups is 1. The van der Waals surface area contributed by atoms with Crippen molar-refractivity contribution in [3.63, 3.8) is 0 Å². The summed E-state index contributed by atoms with van der Waals surface area (Å²) in [5, 5.41) is 15.6. The molecule has 1 fully saturated rings. The third kappa shape index (κ3) is 5.22. The van der Waals surface area contributed by atoms with Crippen molar-refractivity contribution in [2.24, 2.45) is 0 Å². The average Bonchev–Trinajstić information content (AvgIpc) is 2.50. The molecule has 0 bridgehead atoms. The molecule has 128 valence electrons. The van der Waals surface area contributed by atoms with E-state index in [2.05, 4.69) is 42.5 Å². The van der Waals surface area contributed by atoms with Gasteiger partial charge in [0.2, 0.25) is 0 Å². The predicted molar refractivity (Wildman–Crippen MR) is 92.1 cm³/mol. The highest BCUT2D eigenvalue weighted by molar-refractivity contribution is 5.74. The number of benzene rings is 1. The minimum absolute atomic E-state index is 0.225. The van der Waals surface area contributed by atoms with Crippen LogP contribution in [0.4, 0.5) is 4.79 Å². The van der Waals surface area contributed by atoms with Crippen LogP contribution in [0, 0.1) is 0 Å². The normalized spacial score (nSPS) is 16.3. The standard InChI is InChI=1S/C18H29N3O2/c1-14(2)21(3)12-16-8-5-4-7-15(16)11-19-17(22)20-13-18(23)9-6-10-18/h4-5,7-8,14,23H,6,9-13H2,1-3H3,(H2,19,20,22). The maximum Gasteiger partial charge on any atom is 0.315 e. The molecule has 0 heterocycles. The number of hydrogen-bond acceptors (Lipinski definition) is 3. The predicted octanol–water partition coefficient (Wildman–Crippen LogP) is 2.24. The summed E-state index contributed by atoms with van der Waals surface area (Å²) in [7, 11) is 2.10. The monoisotopic (exact) mass is 319 g/mol. The molecule has 0 radical (unpaired) electrons. The van der Waals surface area contributed by atoms with Crippen molar-refractivity contribution in [2.45, 2.75) is 57.8 Å². The van der Waals surface area contributed by atoms with Gasteiger partial charge in [-0.3, -0.25) is 4.90 Å². The number of carbonyl (C=O) groups is 1. The molecule has 2 rings (SSSR count). The zero-order valence-electron chi connectivity index (χ0n) is 14.4. The number of rotatable bonds is 7. The maximum atomic E-state index is 11.9. The number of nitrogens with zero attached hydrogens (tertiary/aromatic N) is 1. The van der Waals surface area contributed by atoms with Gasteiger partial charge in [-0.05, 0) is 51.3 Å². The van der Waals surface area contributed by atoms with Crippen LogP contribution in [-0.2, 0) is 13.1 Å². The Bertz CT molecular complexity index is 527. The van der Waals surface area contributed by atoms with Crippen LogP contribution in [0.25, 0.3) is 0 Å². The molecule has 1 aromatic rings. The molecule has 2 amide bonds. The van der Waals surface area contributed by atoms with Crippen molar-refractivity contribution in [1.82, 2.24) is 15.5 Å². The second-order valence-corrected chi connectivity index (χ2v) is 6.89. The fourth-order valence-corrected chi connectivity index (χ4v) is 2.58. The lowest BCUT2D eigenvalue weighted by Gasteiger charge is -2.36. The van der Waals surface area contributed by atoms with Gasteiger partial charge in [-0.15, -0.1) is 0 Å². The van der Waals surface area contributed by atoms with Crippen LogP contribution >= 0.6 is 0 Å². The van der Waals surface area contributed by atoms with Crippen LogP contribution in [0.1, 0.15) is 44.2 Å². The topological polar surface area (TPSA) is 64.6 Å². The van der Waals surface area contributed by atoms with E-state index in [0.29, 0.717) is 19.1 Å². The Labute approximate surface area is 139 Å². The molecule has 3 N–H and O–H groups in total. The van der Waals surface area contributed by atoms with Crippen molar-refractivity contribution >= 4 is 6.03 Å². The number of hydrogen-bond donors (Lipinski definition) is 3. The molecular formula is C18H29N3O2. The van der Waals surface area contributed by atoms with Gasteiger partial charge in [0.25, 0.3) is 0 Å². The first kappa shape index (κ1) is 17.8.